The molecule has 0 unspecified atom stereocenters. The maximum absolute atomic E-state index is 11.2. The Morgan fingerprint density at radius 1 is 1.22 bits per heavy atom. The quantitative estimate of drug-likeness (QED) is 0.879. The predicted molar refractivity (Wildman–Crippen MR) is 67.6 cm³/mol. The molecule has 5 heteroatoms. The lowest BCUT2D eigenvalue weighted by Crippen LogP contribution is -2.07. The van der Waals surface area contributed by atoms with Gasteiger partial charge in [0.2, 0.25) is 0 Å². The van der Waals surface area contributed by atoms with E-state index in [1.165, 1.54) is 0 Å². The number of rotatable bonds is 2. The van der Waals surface area contributed by atoms with Crippen molar-refractivity contribution < 1.29 is 9.90 Å². The molecule has 94 valence electrons. The van der Waals surface area contributed by atoms with Gasteiger partial charge in [-0.2, -0.15) is 5.10 Å². The SMILES string of the molecule is Cc1cc(-c2cc(C)nn2C)c(C)c(C(=O)O)n1. The number of hydrogen-bond donors (Lipinski definition) is 1. The molecule has 0 radical (unpaired) electrons. The van der Waals surface area contributed by atoms with Crippen LogP contribution in [0.3, 0.4) is 0 Å². The van der Waals surface area contributed by atoms with Gasteiger partial charge in [-0.05, 0) is 38.5 Å². The summed E-state index contributed by atoms with van der Waals surface area (Å²) >= 11 is 0. The highest BCUT2D eigenvalue weighted by Gasteiger charge is 2.16. The van der Waals surface area contributed by atoms with Gasteiger partial charge in [-0.15, -0.1) is 0 Å². The van der Waals surface area contributed by atoms with Gasteiger partial charge in [-0.1, -0.05) is 0 Å². The molecule has 1 N–H and O–H groups in total. The number of carboxylic acid groups (broad SMARTS) is 1. The fourth-order valence-electron chi connectivity index (χ4n) is 2.07. The van der Waals surface area contributed by atoms with Crippen LogP contribution in [0.2, 0.25) is 0 Å². The minimum Gasteiger partial charge on any atom is -0.477 e. The van der Waals surface area contributed by atoms with Gasteiger partial charge < -0.3 is 5.11 Å². The largest absolute Gasteiger partial charge is 0.477 e. The van der Waals surface area contributed by atoms with Crippen molar-refractivity contribution in [3.05, 3.63) is 34.8 Å². The number of aromatic carboxylic acids is 1. The molecule has 0 spiro atoms. The number of hydrogen-bond acceptors (Lipinski definition) is 3. The van der Waals surface area contributed by atoms with Crippen molar-refractivity contribution in [2.75, 3.05) is 0 Å². The van der Waals surface area contributed by atoms with Crippen molar-refractivity contribution in [1.29, 1.82) is 0 Å². The lowest BCUT2D eigenvalue weighted by molar-refractivity contribution is 0.0689. The fourth-order valence-corrected chi connectivity index (χ4v) is 2.07. The Bertz CT molecular complexity index is 629. The first-order valence-electron chi connectivity index (χ1n) is 5.62. The van der Waals surface area contributed by atoms with E-state index >= 15 is 0 Å². The molecular formula is C13H15N3O2. The van der Waals surface area contributed by atoms with Crippen LogP contribution in [0.5, 0.6) is 0 Å². The lowest BCUT2D eigenvalue weighted by atomic mass is 10.0. The molecule has 2 heterocycles. The normalized spacial score (nSPS) is 10.7. The summed E-state index contributed by atoms with van der Waals surface area (Å²) < 4.78 is 1.75. The molecule has 0 aliphatic heterocycles. The van der Waals surface area contributed by atoms with E-state index < -0.39 is 5.97 Å². The number of carbonyl (C=O) groups is 1. The molecule has 0 atom stereocenters. The molecule has 0 saturated heterocycles. The van der Waals surface area contributed by atoms with Crippen LogP contribution in [0.4, 0.5) is 0 Å². The number of carboxylic acids is 1. The summed E-state index contributed by atoms with van der Waals surface area (Å²) in [7, 11) is 1.85. The van der Waals surface area contributed by atoms with Crippen LogP contribution in [-0.4, -0.2) is 25.8 Å². The Hall–Kier alpha value is -2.17. The Morgan fingerprint density at radius 2 is 1.89 bits per heavy atom. The number of aromatic nitrogens is 3. The molecule has 2 rings (SSSR count). The van der Waals surface area contributed by atoms with Crippen LogP contribution < -0.4 is 0 Å². The molecule has 0 aromatic carbocycles. The summed E-state index contributed by atoms with van der Waals surface area (Å²) in [6, 6.07) is 3.83. The molecule has 18 heavy (non-hydrogen) atoms. The van der Waals surface area contributed by atoms with E-state index in [0.29, 0.717) is 11.3 Å². The van der Waals surface area contributed by atoms with Gasteiger partial charge in [0, 0.05) is 18.3 Å². The first kappa shape index (κ1) is 12.3. The second-order valence-corrected chi connectivity index (χ2v) is 4.38. The number of pyridine rings is 1. The smallest absolute Gasteiger partial charge is 0.354 e. The second kappa shape index (κ2) is 4.25. The van der Waals surface area contributed by atoms with Crippen molar-refractivity contribution in [2.45, 2.75) is 20.8 Å². The summed E-state index contributed by atoms with van der Waals surface area (Å²) in [5, 5.41) is 13.4. The van der Waals surface area contributed by atoms with E-state index in [1.807, 2.05) is 26.1 Å². The summed E-state index contributed by atoms with van der Waals surface area (Å²) in [6.45, 7) is 5.47. The maximum Gasteiger partial charge on any atom is 0.354 e. The van der Waals surface area contributed by atoms with Gasteiger partial charge in [-0.3, -0.25) is 4.68 Å². The zero-order valence-electron chi connectivity index (χ0n) is 10.9. The van der Waals surface area contributed by atoms with Gasteiger partial charge >= 0.3 is 5.97 Å². The average Bonchev–Trinajstić information content (AvgIpc) is 2.60. The zero-order chi connectivity index (χ0) is 13.4. The van der Waals surface area contributed by atoms with Crippen LogP contribution in [0, 0.1) is 20.8 Å². The van der Waals surface area contributed by atoms with Crippen molar-refractivity contribution in [1.82, 2.24) is 14.8 Å². The molecule has 0 saturated carbocycles. The Labute approximate surface area is 105 Å². The van der Waals surface area contributed by atoms with Crippen LogP contribution >= 0.6 is 0 Å². The third kappa shape index (κ3) is 1.99. The minimum atomic E-state index is -1.00. The molecule has 0 aliphatic rings. The molecule has 0 amide bonds. The van der Waals surface area contributed by atoms with Gasteiger partial charge in [0.05, 0.1) is 11.4 Å². The maximum atomic E-state index is 11.2. The van der Waals surface area contributed by atoms with Gasteiger partial charge in [0.1, 0.15) is 0 Å². The molecule has 0 fully saturated rings. The molecule has 2 aromatic rings. The first-order chi connectivity index (χ1) is 8.40. The third-order valence-corrected chi connectivity index (χ3v) is 2.88. The van der Waals surface area contributed by atoms with Crippen molar-refractivity contribution >= 4 is 5.97 Å². The number of aryl methyl sites for hydroxylation is 3. The third-order valence-electron chi connectivity index (χ3n) is 2.88. The summed E-state index contributed by atoms with van der Waals surface area (Å²) in [5.74, 6) is -1.00. The Kier molecular flexibility index (Phi) is 2.90. The zero-order valence-corrected chi connectivity index (χ0v) is 10.9. The molecular weight excluding hydrogens is 230 g/mol. The molecule has 0 bridgehead atoms. The van der Waals surface area contributed by atoms with Crippen molar-refractivity contribution in [3.8, 4) is 11.3 Å². The molecule has 5 nitrogen and oxygen atoms in total. The van der Waals surface area contributed by atoms with Gasteiger partial charge in [-0.25, -0.2) is 9.78 Å². The highest BCUT2D eigenvalue weighted by molar-refractivity contribution is 5.89. The van der Waals surface area contributed by atoms with E-state index in [2.05, 4.69) is 10.1 Å². The van der Waals surface area contributed by atoms with E-state index in [-0.39, 0.29) is 5.69 Å². The van der Waals surface area contributed by atoms with Crippen LogP contribution in [0.25, 0.3) is 11.3 Å². The van der Waals surface area contributed by atoms with Crippen molar-refractivity contribution in [2.24, 2.45) is 7.05 Å². The fraction of sp³-hybridized carbons (Fsp3) is 0.308. The Morgan fingerprint density at radius 3 is 2.39 bits per heavy atom. The highest BCUT2D eigenvalue weighted by atomic mass is 16.4. The Balaban J connectivity index is 2.72. The molecule has 0 aliphatic carbocycles. The monoisotopic (exact) mass is 245 g/mol. The van der Waals surface area contributed by atoms with Gasteiger partial charge in [0.15, 0.2) is 5.69 Å². The highest BCUT2D eigenvalue weighted by Crippen LogP contribution is 2.26. The van der Waals surface area contributed by atoms with Crippen LogP contribution in [0.1, 0.15) is 27.4 Å². The topological polar surface area (TPSA) is 68.0 Å². The van der Waals surface area contributed by atoms with E-state index in [1.54, 1.807) is 18.5 Å². The standard InChI is InChI=1S/C13H15N3O2/c1-7-5-10(9(3)12(14-7)13(17)18)11-6-8(2)15-16(11)4/h5-6H,1-4H3,(H,17,18). The van der Waals surface area contributed by atoms with Crippen LogP contribution in [-0.2, 0) is 7.05 Å². The van der Waals surface area contributed by atoms with E-state index in [0.717, 1.165) is 17.0 Å². The van der Waals surface area contributed by atoms with E-state index in [9.17, 15) is 4.79 Å². The van der Waals surface area contributed by atoms with Crippen LogP contribution in [0.15, 0.2) is 12.1 Å². The molecule has 2 aromatic heterocycles. The predicted octanol–water partition coefficient (Wildman–Crippen LogP) is 2.11. The van der Waals surface area contributed by atoms with E-state index in [4.69, 9.17) is 5.11 Å². The summed E-state index contributed by atoms with van der Waals surface area (Å²) in [5.41, 5.74) is 4.12. The average molecular weight is 245 g/mol. The van der Waals surface area contributed by atoms with Gasteiger partial charge in [0.25, 0.3) is 0 Å². The minimum absolute atomic E-state index is 0.101. The summed E-state index contributed by atoms with van der Waals surface area (Å²) in [6.07, 6.45) is 0. The second-order valence-electron chi connectivity index (χ2n) is 4.38. The van der Waals surface area contributed by atoms with Crippen molar-refractivity contribution in [3.63, 3.8) is 0 Å². The summed E-state index contributed by atoms with van der Waals surface area (Å²) in [4.78, 5) is 15.2. The lowest BCUT2D eigenvalue weighted by Gasteiger charge is -2.09. The first-order valence-corrected chi connectivity index (χ1v) is 5.62. The number of nitrogens with zero attached hydrogens (tertiary/aromatic N) is 3.